The van der Waals surface area contributed by atoms with Gasteiger partial charge in [-0.1, -0.05) is 24.6 Å². The Bertz CT molecular complexity index is 642. The van der Waals surface area contributed by atoms with E-state index in [0.717, 1.165) is 49.8 Å². The van der Waals surface area contributed by atoms with Crippen LogP contribution >= 0.6 is 35.6 Å². The third kappa shape index (κ3) is 7.55. The summed E-state index contributed by atoms with van der Waals surface area (Å²) in [5.41, 5.74) is 1.12. The van der Waals surface area contributed by atoms with Crippen molar-refractivity contribution in [3.05, 3.63) is 41.2 Å². The van der Waals surface area contributed by atoms with Gasteiger partial charge in [0.2, 0.25) is 0 Å². The smallest absolute Gasteiger partial charge is 0.191 e. The van der Waals surface area contributed by atoms with Gasteiger partial charge in [0.05, 0.1) is 0 Å². The molecule has 0 aliphatic heterocycles. The van der Waals surface area contributed by atoms with Gasteiger partial charge < -0.3 is 15.2 Å². The molecule has 0 aliphatic rings. The van der Waals surface area contributed by atoms with Crippen LogP contribution in [-0.4, -0.2) is 45.3 Å². The lowest BCUT2D eigenvalue weighted by molar-refractivity contribution is 0.632. The zero-order valence-corrected chi connectivity index (χ0v) is 17.7. The molecule has 0 amide bonds. The van der Waals surface area contributed by atoms with E-state index in [1.54, 1.807) is 18.6 Å². The Morgan fingerprint density at radius 2 is 2.12 bits per heavy atom. The molecule has 0 unspecified atom stereocenters. The van der Waals surface area contributed by atoms with Crippen LogP contribution in [0.2, 0.25) is 5.15 Å². The zero-order valence-electron chi connectivity index (χ0n) is 14.6. The van der Waals surface area contributed by atoms with Crippen LogP contribution in [0.25, 0.3) is 0 Å². The van der Waals surface area contributed by atoms with Crippen LogP contribution in [0, 0.1) is 0 Å². The highest BCUT2D eigenvalue weighted by molar-refractivity contribution is 14.0. The number of nitrogens with zero attached hydrogens (tertiary/aromatic N) is 5. The third-order valence-electron chi connectivity index (χ3n) is 3.46. The van der Waals surface area contributed by atoms with E-state index >= 15 is 0 Å². The second-order valence-electron chi connectivity index (χ2n) is 5.22. The molecule has 2 aromatic rings. The average Bonchev–Trinajstić information content (AvgIpc) is 3.04. The maximum absolute atomic E-state index is 5.79. The van der Waals surface area contributed by atoms with Crippen molar-refractivity contribution >= 4 is 41.5 Å². The van der Waals surface area contributed by atoms with E-state index in [4.69, 9.17) is 11.6 Å². The standard InChI is InChI=1S/C16H24ClN7.HI/c1-3-15-23-22-12-24(15)10-9-20-16(18-4-2)19-8-7-13-5-6-14(17)21-11-13;/h5-6,11-12H,3-4,7-10H2,1-2H3,(H2,18,19,20);1H. The van der Waals surface area contributed by atoms with Gasteiger partial charge in [0, 0.05) is 38.8 Å². The topological polar surface area (TPSA) is 80.0 Å². The van der Waals surface area contributed by atoms with E-state index in [9.17, 15) is 0 Å². The van der Waals surface area contributed by atoms with Crippen molar-refractivity contribution in [2.45, 2.75) is 33.2 Å². The molecule has 9 heteroatoms. The van der Waals surface area contributed by atoms with Crippen LogP contribution in [-0.2, 0) is 19.4 Å². The summed E-state index contributed by atoms with van der Waals surface area (Å²) in [6, 6.07) is 3.78. The molecule has 0 spiro atoms. The number of rotatable bonds is 8. The molecule has 0 bridgehead atoms. The molecule has 2 N–H and O–H groups in total. The molecule has 2 heterocycles. The van der Waals surface area contributed by atoms with Crippen LogP contribution < -0.4 is 10.6 Å². The Hall–Kier alpha value is -1.42. The number of aryl methyl sites for hydroxylation is 1. The minimum Gasteiger partial charge on any atom is -0.357 e. The summed E-state index contributed by atoms with van der Waals surface area (Å²) in [6.45, 7) is 7.20. The Morgan fingerprint density at radius 3 is 2.80 bits per heavy atom. The monoisotopic (exact) mass is 477 g/mol. The van der Waals surface area contributed by atoms with Gasteiger partial charge in [0.15, 0.2) is 5.96 Å². The van der Waals surface area contributed by atoms with Crippen LogP contribution in [0.1, 0.15) is 25.2 Å². The van der Waals surface area contributed by atoms with E-state index in [0.29, 0.717) is 11.7 Å². The first kappa shape index (κ1) is 21.6. The Morgan fingerprint density at radius 1 is 1.28 bits per heavy atom. The third-order valence-corrected chi connectivity index (χ3v) is 3.68. The molecule has 0 atom stereocenters. The van der Waals surface area contributed by atoms with Crippen LogP contribution in [0.5, 0.6) is 0 Å². The van der Waals surface area contributed by atoms with Crippen LogP contribution in [0.4, 0.5) is 0 Å². The second kappa shape index (κ2) is 12.0. The first-order chi connectivity index (χ1) is 11.7. The maximum Gasteiger partial charge on any atom is 0.191 e. The van der Waals surface area contributed by atoms with Gasteiger partial charge in [-0.05, 0) is 25.0 Å². The van der Waals surface area contributed by atoms with Crippen molar-refractivity contribution in [1.82, 2.24) is 30.4 Å². The Balaban J connectivity index is 0.00000312. The van der Waals surface area contributed by atoms with Gasteiger partial charge in [-0.25, -0.2) is 4.98 Å². The fourth-order valence-corrected chi connectivity index (χ4v) is 2.34. The highest BCUT2D eigenvalue weighted by Crippen LogP contribution is 2.05. The second-order valence-corrected chi connectivity index (χ2v) is 5.61. The molecule has 0 radical (unpaired) electrons. The van der Waals surface area contributed by atoms with Crippen molar-refractivity contribution in [2.24, 2.45) is 4.99 Å². The Kier molecular flexibility index (Phi) is 10.4. The van der Waals surface area contributed by atoms with Gasteiger partial charge in [-0.3, -0.25) is 4.99 Å². The lowest BCUT2D eigenvalue weighted by Gasteiger charge is -2.12. The largest absolute Gasteiger partial charge is 0.357 e. The fraction of sp³-hybridized carbons (Fsp3) is 0.500. The summed E-state index contributed by atoms with van der Waals surface area (Å²) in [7, 11) is 0. The summed E-state index contributed by atoms with van der Waals surface area (Å²) in [5.74, 6) is 1.81. The van der Waals surface area contributed by atoms with Gasteiger partial charge in [0.1, 0.15) is 17.3 Å². The van der Waals surface area contributed by atoms with E-state index in [2.05, 4.69) is 49.2 Å². The quantitative estimate of drug-likeness (QED) is 0.264. The lowest BCUT2D eigenvalue weighted by atomic mass is 10.2. The number of aromatic nitrogens is 4. The molecule has 2 aromatic heterocycles. The summed E-state index contributed by atoms with van der Waals surface area (Å²) < 4.78 is 2.05. The summed E-state index contributed by atoms with van der Waals surface area (Å²) >= 11 is 5.79. The number of guanidine groups is 1. The van der Waals surface area contributed by atoms with Crippen molar-refractivity contribution < 1.29 is 0 Å². The molecule has 0 fully saturated rings. The SMILES string of the molecule is CCNC(=NCCc1ccc(Cl)nc1)NCCn1cnnc1CC.I. The lowest BCUT2D eigenvalue weighted by Crippen LogP contribution is -2.39. The highest BCUT2D eigenvalue weighted by Gasteiger charge is 2.02. The van der Waals surface area contributed by atoms with Gasteiger partial charge >= 0.3 is 0 Å². The minimum absolute atomic E-state index is 0. The molecular formula is C16H25ClIN7. The molecule has 0 aromatic carbocycles. The number of aliphatic imine (C=N–C) groups is 1. The first-order valence-corrected chi connectivity index (χ1v) is 8.60. The van der Waals surface area contributed by atoms with Crippen molar-refractivity contribution in [3.63, 3.8) is 0 Å². The van der Waals surface area contributed by atoms with Crippen molar-refractivity contribution in [2.75, 3.05) is 19.6 Å². The van der Waals surface area contributed by atoms with Gasteiger partial charge in [0.25, 0.3) is 0 Å². The number of hydrogen-bond acceptors (Lipinski definition) is 4. The molecule has 0 saturated carbocycles. The summed E-state index contributed by atoms with van der Waals surface area (Å²) in [5, 5.41) is 15.1. The summed E-state index contributed by atoms with van der Waals surface area (Å²) in [6.07, 6.45) is 5.25. The van der Waals surface area contributed by atoms with Crippen LogP contribution in [0.3, 0.4) is 0 Å². The van der Waals surface area contributed by atoms with Crippen molar-refractivity contribution in [3.8, 4) is 0 Å². The fourth-order valence-electron chi connectivity index (χ4n) is 2.23. The number of pyridine rings is 1. The van der Waals surface area contributed by atoms with E-state index in [1.165, 1.54) is 0 Å². The minimum atomic E-state index is 0. The van der Waals surface area contributed by atoms with E-state index in [-0.39, 0.29) is 24.0 Å². The molecule has 7 nitrogen and oxygen atoms in total. The van der Waals surface area contributed by atoms with Crippen molar-refractivity contribution in [1.29, 1.82) is 0 Å². The zero-order chi connectivity index (χ0) is 17.2. The highest BCUT2D eigenvalue weighted by atomic mass is 127. The Labute approximate surface area is 170 Å². The number of hydrogen-bond donors (Lipinski definition) is 2. The van der Waals surface area contributed by atoms with Crippen LogP contribution in [0.15, 0.2) is 29.6 Å². The number of nitrogens with one attached hydrogen (secondary N) is 2. The number of halogens is 2. The maximum atomic E-state index is 5.79. The van der Waals surface area contributed by atoms with Gasteiger partial charge in [-0.15, -0.1) is 34.2 Å². The molecule has 0 saturated heterocycles. The first-order valence-electron chi connectivity index (χ1n) is 8.22. The predicted octanol–water partition coefficient (Wildman–Crippen LogP) is 2.30. The molecule has 25 heavy (non-hydrogen) atoms. The molecule has 2 rings (SSSR count). The van der Waals surface area contributed by atoms with Gasteiger partial charge in [-0.2, -0.15) is 0 Å². The average molecular weight is 478 g/mol. The molecule has 0 aliphatic carbocycles. The summed E-state index contributed by atoms with van der Waals surface area (Å²) in [4.78, 5) is 8.66. The molecular weight excluding hydrogens is 453 g/mol. The predicted molar refractivity (Wildman–Crippen MR) is 112 cm³/mol. The van der Waals surface area contributed by atoms with E-state index in [1.807, 2.05) is 6.07 Å². The molecule has 138 valence electrons. The normalized spacial score (nSPS) is 11.1. The van der Waals surface area contributed by atoms with E-state index < -0.39 is 0 Å².